The first-order chi connectivity index (χ1) is 20.8. The third-order valence-electron chi connectivity index (χ3n) is 6.83. The molecular formula is C32H29Cl2N5O4. The molecule has 0 aliphatic carbocycles. The first-order valence-corrected chi connectivity index (χ1v) is 14.3. The molecule has 220 valence electrons. The van der Waals surface area contributed by atoms with Crippen molar-refractivity contribution in [2.75, 3.05) is 20.3 Å². The second-order valence-electron chi connectivity index (χ2n) is 9.76. The number of hydrogen-bond acceptors (Lipinski definition) is 6. The molecule has 2 amide bonds. The van der Waals surface area contributed by atoms with E-state index in [-0.39, 0.29) is 32.0 Å². The van der Waals surface area contributed by atoms with Gasteiger partial charge in [-0.2, -0.15) is 5.10 Å². The zero-order valence-corrected chi connectivity index (χ0v) is 24.9. The first-order valence-electron chi connectivity index (χ1n) is 13.5. The van der Waals surface area contributed by atoms with Crippen molar-refractivity contribution < 1.29 is 19.1 Å². The monoisotopic (exact) mass is 617 g/mol. The van der Waals surface area contributed by atoms with Crippen LogP contribution in [-0.4, -0.2) is 51.7 Å². The molecule has 0 spiro atoms. The van der Waals surface area contributed by atoms with Crippen molar-refractivity contribution in [3.8, 4) is 28.6 Å². The van der Waals surface area contributed by atoms with Gasteiger partial charge in [-0.15, -0.1) is 0 Å². The van der Waals surface area contributed by atoms with Crippen molar-refractivity contribution in [3.05, 3.63) is 101 Å². The minimum atomic E-state index is -0.600. The number of pyridine rings is 1. The number of halogens is 2. The Morgan fingerprint density at radius 3 is 2.58 bits per heavy atom. The van der Waals surface area contributed by atoms with Crippen LogP contribution >= 0.6 is 23.2 Å². The van der Waals surface area contributed by atoms with Crippen molar-refractivity contribution in [2.45, 2.75) is 19.4 Å². The molecule has 5 aromatic rings. The normalized spacial score (nSPS) is 11.0. The molecule has 0 saturated heterocycles. The van der Waals surface area contributed by atoms with Gasteiger partial charge in [0.25, 0.3) is 0 Å². The van der Waals surface area contributed by atoms with Gasteiger partial charge in [0.2, 0.25) is 17.7 Å². The number of nitrogens with zero attached hydrogens (tertiary/aromatic N) is 4. The average molecular weight is 619 g/mol. The van der Waals surface area contributed by atoms with Crippen molar-refractivity contribution in [1.82, 2.24) is 19.7 Å². The number of amides is 2. The van der Waals surface area contributed by atoms with Crippen LogP contribution in [0.2, 0.25) is 10.0 Å². The summed E-state index contributed by atoms with van der Waals surface area (Å²) in [6.45, 7) is 0.170. The molecule has 0 unspecified atom stereocenters. The number of nitrogens with two attached hydrogens (primary N) is 1. The van der Waals surface area contributed by atoms with Crippen LogP contribution in [0.1, 0.15) is 18.4 Å². The standard InChI is InChI=1S/C32H29Cl2N5O4/c1-42-29-13-10-21-6-2-3-8-24(21)25(29)19-38(20-30(35)40)31(41)9-5-15-43-32-17-28(22-7-4-14-36-18-22)37-39(32)23-11-12-26(33)27(34)16-23/h2-4,6-8,10-14,16-18H,5,9,15,19-20H2,1H3,(H2,35,40). The zero-order chi connectivity index (χ0) is 30.3. The molecule has 0 fully saturated rings. The van der Waals surface area contributed by atoms with Crippen LogP contribution in [-0.2, 0) is 16.1 Å². The largest absolute Gasteiger partial charge is 0.496 e. The molecule has 11 heteroatoms. The summed E-state index contributed by atoms with van der Waals surface area (Å²) in [6.07, 6.45) is 3.92. The highest BCUT2D eigenvalue weighted by atomic mass is 35.5. The lowest BCUT2D eigenvalue weighted by molar-refractivity contribution is -0.136. The van der Waals surface area contributed by atoms with E-state index in [9.17, 15) is 9.59 Å². The minimum Gasteiger partial charge on any atom is -0.496 e. The Morgan fingerprint density at radius 2 is 1.84 bits per heavy atom. The number of hydrogen-bond donors (Lipinski definition) is 1. The van der Waals surface area contributed by atoms with E-state index >= 15 is 0 Å². The Kier molecular flexibility index (Phi) is 9.44. The Balaban J connectivity index is 1.31. The van der Waals surface area contributed by atoms with Crippen LogP contribution in [0.5, 0.6) is 11.6 Å². The summed E-state index contributed by atoms with van der Waals surface area (Å²) in [7, 11) is 1.58. The van der Waals surface area contributed by atoms with E-state index in [1.807, 2.05) is 48.5 Å². The fourth-order valence-electron chi connectivity index (χ4n) is 4.76. The number of methoxy groups -OCH3 is 1. The van der Waals surface area contributed by atoms with E-state index in [1.165, 1.54) is 4.90 Å². The fourth-order valence-corrected chi connectivity index (χ4v) is 5.06. The summed E-state index contributed by atoms with van der Waals surface area (Å²) < 4.78 is 13.3. The molecule has 43 heavy (non-hydrogen) atoms. The fraction of sp³-hybridized carbons (Fsp3) is 0.188. The Morgan fingerprint density at radius 1 is 1.00 bits per heavy atom. The molecule has 0 radical (unpaired) electrons. The van der Waals surface area contributed by atoms with E-state index in [2.05, 4.69) is 4.98 Å². The molecule has 9 nitrogen and oxygen atoms in total. The van der Waals surface area contributed by atoms with Crippen molar-refractivity contribution >= 4 is 45.8 Å². The predicted molar refractivity (Wildman–Crippen MR) is 167 cm³/mol. The SMILES string of the molecule is COc1ccc2ccccc2c1CN(CC(N)=O)C(=O)CCCOc1cc(-c2cccnc2)nn1-c1ccc(Cl)c(Cl)c1. The Hall–Kier alpha value is -4.60. The molecule has 0 aliphatic rings. The molecule has 2 heterocycles. The van der Waals surface area contributed by atoms with Gasteiger partial charge in [-0.1, -0.05) is 53.5 Å². The number of fused-ring (bicyclic) bond motifs is 1. The van der Waals surface area contributed by atoms with Crippen LogP contribution in [0, 0.1) is 0 Å². The summed E-state index contributed by atoms with van der Waals surface area (Å²) in [6, 6.07) is 22.3. The van der Waals surface area contributed by atoms with Crippen molar-refractivity contribution in [2.24, 2.45) is 5.73 Å². The molecule has 0 aliphatic heterocycles. The van der Waals surface area contributed by atoms with Gasteiger partial charge in [-0.3, -0.25) is 14.6 Å². The summed E-state index contributed by atoms with van der Waals surface area (Å²) in [5.41, 5.74) is 8.45. The molecule has 0 atom stereocenters. The van der Waals surface area contributed by atoms with Crippen molar-refractivity contribution in [3.63, 3.8) is 0 Å². The molecule has 5 rings (SSSR count). The second kappa shape index (κ2) is 13.6. The van der Waals surface area contributed by atoms with E-state index in [4.69, 9.17) is 43.5 Å². The molecule has 0 saturated carbocycles. The molecular weight excluding hydrogens is 589 g/mol. The third-order valence-corrected chi connectivity index (χ3v) is 7.57. The maximum Gasteiger partial charge on any atom is 0.237 e. The van der Waals surface area contributed by atoms with Gasteiger partial charge < -0.3 is 20.1 Å². The Labute approximate surface area is 258 Å². The average Bonchev–Trinajstić information content (AvgIpc) is 3.44. The lowest BCUT2D eigenvalue weighted by atomic mass is 10.0. The number of primary amides is 1. The molecule has 0 bridgehead atoms. The van der Waals surface area contributed by atoms with E-state index < -0.39 is 5.91 Å². The van der Waals surface area contributed by atoms with E-state index in [0.29, 0.717) is 39.5 Å². The summed E-state index contributed by atoms with van der Waals surface area (Å²) in [4.78, 5) is 30.9. The zero-order valence-electron chi connectivity index (χ0n) is 23.4. The third kappa shape index (κ3) is 7.07. The number of rotatable bonds is 12. The van der Waals surface area contributed by atoms with Gasteiger partial charge in [-0.25, -0.2) is 4.68 Å². The van der Waals surface area contributed by atoms with Gasteiger partial charge in [0.15, 0.2) is 0 Å². The van der Waals surface area contributed by atoms with E-state index in [1.54, 1.807) is 48.5 Å². The highest BCUT2D eigenvalue weighted by molar-refractivity contribution is 6.42. The Bertz CT molecular complexity index is 1760. The molecule has 2 N–H and O–H groups in total. The summed E-state index contributed by atoms with van der Waals surface area (Å²) in [5, 5.41) is 7.44. The second-order valence-corrected chi connectivity index (χ2v) is 10.6. The maximum absolute atomic E-state index is 13.3. The smallest absolute Gasteiger partial charge is 0.237 e. The van der Waals surface area contributed by atoms with Gasteiger partial charge >= 0.3 is 0 Å². The van der Waals surface area contributed by atoms with Crippen LogP contribution in [0.25, 0.3) is 27.7 Å². The minimum absolute atomic E-state index is 0.136. The van der Waals surface area contributed by atoms with Gasteiger partial charge in [0, 0.05) is 36.0 Å². The van der Waals surface area contributed by atoms with Crippen LogP contribution < -0.4 is 15.2 Å². The number of carbonyl (C=O) groups is 2. The van der Waals surface area contributed by atoms with Gasteiger partial charge in [0.1, 0.15) is 5.75 Å². The van der Waals surface area contributed by atoms with Crippen LogP contribution in [0.4, 0.5) is 0 Å². The molecule has 2 aromatic heterocycles. The topological polar surface area (TPSA) is 113 Å². The van der Waals surface area contributed by atoms with E-state index in [0.717, 1.165) is 21.9 Å². The summed E-state index contributed by atoms with van der Waals surface area (Å²) in [5.74, 6) is 0.257. The predicted octanol–water partition coefficient (Wildman–Crippen LogP) is 6.08. The maximum atomic E-state index is 13.3. The lowest BCUT2D eigenvalue weighted by Gasteiger charge is -2.23. The van der Waals surface area contributed by atoms with Gasteiger partial charge in [-0.05, 0) is 53.6 Å². The van der Waals surface area contributed by atoms with Crippen LogP contribution in [0.15, 0.2) is 85.2 Å². The first kappa shape index (κ1) is 29.9. The number of aromatic nitrogens is 3. The highest BCUT2D eigenvalue weighted by Gasteiger charge is 2.20. The highest BCUT2D eigenvalue weighted by Crippen LogP contribution is 2.31. The molecule has 3 aromatic carbocycles. The van der Waals surface area contributed by atoms with Gasteiger partial charge in [0.05, 0.1) is 48.2 Å². The number of benzene rings is 3. The lowest BCUT2D eigenvalue weighted by Crippen LogP contribution is -2.38. The quantitative estimate of drug-likeness (QED) is 0.170. The number of ether oxygens (including phenoxy) is 2. The van der Waals surface area contributed by atoms with Crippen molar-refractivity contribution in [1.29, 1.82) is 0 Å². The number of carbonyl (C=O) groups excluding carboxylic acids is 2. The van der Waals surface area contributed by atoms with Crippen LogP contribution in [0.3, 0.4) is 0 Å². The summed E-state index contributed by atoms with van der Waals surface area (Å²) >= 11 is 12.4.